The number of nitrogens with zero attached hydrogens (tertiary/aromatic N) is 5. The number of anilines is 1. The van der Waals surface area contributed by atoms with E-state index >= 15 is 0 Å². The molecule has 0 atom stereocenters. The van der Waals surface area contributed by atoms with Crippen molar-refractivity contribution in [2.45, 2.75) is 37.6 Å². The van der Waals surface area contributed by atoms with E-state index in [2.05, 4.69) is 10.3 Å². The molecular weight excluding hydrogens is 306 g/mol. The fourth-order valence-electron chi connectivity index (χ4n) is 3.79. The van der Waals surface area contributed by atoms with Crippen molar-refractivity contribution in [3.63, 3.8) is 0 Å². The summed E-state index contributed by atoms with van der Waals surface area (Å²) < 4.78 is 1.63. The first kappa shape index (κ1) is 14.9. The van der Waals surface area contributed by atoms with Gasteiger partial charge in [-0.15, -0.1) is 5.10 Å². The topological polar surface area (TPSA) is 71.3 Å². The number of rotatable bonds is 2. The molecule has 124 valence electrons. The normalized spacial score (nSPS) is 20.2. The van der Waals surface area contributed by atoms with Gasteiger partial charge in [0.25, 0.3) is 5.91 Å². The van der Waals surface area contributed by atoms with Crippen LogP contribution in [0.25, 0.3) is 5.69 Å². The van der Waals surface area contributed by atoms with E-state index in [1.165, 1.54) is 4.90 Å². The number of imide groups is 1. The van der Waals surface area contributed by atoms with Crippen molar-refractivity contribution in [2.75, 3.05) is 11.9 Å². The Labute approximate surface area is 139 Å². The molecule has 7 heteroatoms. The second-order valence-corrected chi connectivity index (χ2v) is 6.44. The summed E-state index contributed by atoms with van der Waals surface area (Å²) in [5.41, 5.74) is 0.777. The Kier molecular flexibility index (Phi) is 3.37. The highest BCUT2D eigenvalue weighted by Gasteiger charge is 2.56. The van der Waals surface area contributed by atoms with Crippen LogP contribution in [0.5, 0.6) is 0 Å². The standard InChI is InChI=1S/C17H19N5O2/c1-20-16(24)22(15(23)17(20)9-3-2-4-10-17)14-7-5-13(6-8-14)21-12-11-18-19-21/h5-8,11-12H,2-4,9-10H2,1H3. The summed E-state index contributed by atoms with van der Waals surface area (Å²) in [6.07, 6.45) is 7.95. The molecule has 7 nitrogen and oxygen atoms in total. The average molecular weight is 325 g/mol. The van der Waals surface area contributed by atoms with Gasteiger partial charge in [-0.05, 0) is 37.1 Å². The molecule has 1 aromatic heterocycles. The lowest BCUT2D eigenvalue weighted by Gasteiger charge is -2.35. The molecule has 3 amide bonds. The molecule has 24 heavy (non-hydrogen) atoms. The summed E-state index contributed by atoms with van der Waals surface area (Å²) in [5, 5.41) is 7.71. The van der Waals surface area contributed by atoms with Crippen molar-refractivity contribution >= 4 is 17.6 Å². The molecule has 2 fully saturated rings. The fourth-order valence-corrected chi connectivity index (χ4v) is 3.79. The molecule has 1 aliphatic heterocycles. The predicted molar refractivity (Wildman–Crippen MR) is 87.8 cm³/mol. The van der Waals surface area contributed by atoms with Crippen molar-refractivity contribution in [3.05, 3.63) is 36.7 Å². The fraction of sp³-hybridized carbons (Fsp3) is 0.412. The first-order valence-corrected chi connectivity index (χ1v) is 8.23. The lowest BCUT2D eigenvalue weighted by atomic mass is 9.80. The Bertz CT molecular complexity index is 763. The summed E-state index contributed by atoms with van der Waals surface area (Å²) in [4.78, 5) is 28.7. The van der Waals surface area contributed by atoms with Crippen LogP contribution >= 0.6 is 0 Å². The number of carbonyl (C=O) groups excluding carboxylic acids is 2. The molecule has 0 radical (unpaired) electrons. The highest BCUT2D eigenvalue weighted by Crippen LogP contribution is 2.41. The molecule has 1 aliphatic carbocycles. The predicted octanol–water partition coefficient (Wildman–Crippen LogP) is 2.37. The van der Waals surface area contributed by atoms with Crippen LogP contribution in [0.4, 0.5) is 10.5 Å². The van der Waals surface area contributed by atoms with Gasteiger partial charge in [-0.2, -0.15) is 0 Å². The van der Waals surface area contributed by atoms with Crippen LogP contribution in [0, 0.1) is 0 Å². The third-order valence-electron chi connectivity index (χ3n) is 5.20. The molecule has 1 spiro atoms. The molecule has 0 bridgehead atoms. The average Bonchev–Trinajstić information content (AvgIpc) is 3.21. The van der Waals surface area contributed by atoms with E-state index in [9.17, 15) is 9.59 Å². The number of urea groups is 1. The van der Waals surface area contributed by atoms with Gasteiger partial charge in [0.1, 0.15) is 5.54 Å². The third kappa shape index (κ3) is 2.04. The Morgan fingerprint density at radius 3 is 2.29 bits per heavy atom. The van der Waals surface area contributed by atoms with E-state index in [1.807, 2.05) is 12.1 Å². The van der Waals surface area contributed by atoms with Crippen LogP contribution in [0.1, 0.15) is 32.1 Å². The lowest BCUT2D eigenvalue weighted by Crippen LogP contribution is -2.49. The molecule has 2 aliphatic rings. The minimum Gasteiger partial charge on any atom is -0.312 e. The number of carbonyl (C=O) groups is 2. The quantitative estimate of drug-likeness (QED) is 0.795. The van der Waals surface area contributed by atoms with Crippen molar-refractivity contribution in [3.8, 4) is 5.69 Å². The summed E-state index contributed by atoms with van der Waals surface area (Å²) in [6.45, 7) is 0. The molecule has 0 N–H and O–H groups in total. The number of likely N-dealkylation sites (N-methyl/N-ethyl adjacent to an activating group) is 1. The van der Waals surface area contributed by atoms with E-state index in [-0.39, 0.29) is 11.9 Å². The van der Waals surface area contributed by atoms with E-state index < -0.39 is 5.54 Å². The molecule has 1 saturated heterocycles. The van der Waals surface area contributed by atoms with Gasteiger partial charge in [0.05, 0.1) is 23.8 Å². The first-order chi connectivity index (χ1) is 11.6. The van der Waals surface area contributed by atoms with Crippen LogP contribution in [0.3, 0.4) is 0 Å². The second-order valence-electron chi connectivity index (χ2n) is 6.44. The van der Waals surface area contributed by atoms with Crippen molar-refractivity contribution < 1.29 is 9.59 Å². The summed E-state index contributed by atoms with van der Waals surface area (Å²) in [7, 11) is 1.75. The maximum Gasteiger partial charge on any atom is 0.332 e. The number of hydrogen-bond donors (Lipinski definition) is 0. The number of aromatic nitrogens is 3. The summed E-state index contributed by atoms with van der Waals surface area (Å²) in [6, 6.07) is 6.98. The van der Waals surface area contributed by atoms with Gasteiger partial charge < -0.3 is 4.90 Å². The summed E-state index contributed by atoms with van der Waals surface area (Å²) in [5.74, 6) is -0.0943. The number of hydrogen-bond acceptors (Lipinski definition) is 4. The number of benzene rings is 1. The zero-order valence-corrected chi connectivity index (χ0v) is 13.6. The molecular formula is C17H19N5O2. The lowest BCUT2D eigenvalue weighted by molar-refractivity contribution is -0.126. The molecule has 2 heterocycles. The minimum atomic E-state index is -0.653. The van der Waals surface area contributed by atoms with Crippen LogP contribution < -0.4 is 4.90 Å². The van der Waals surface area contributed by atoms with E-state index in [1.54, 1.807) is 41.2 Å². The third-order valence-corrected chi connectivity index (χ3v) is 5.20. The Morgan fingerprint density at radius 1 is 1.00 bits per heavy atom. The van der Waals surface area contributed by atoms with E-state index in [0.29, 0.717) is 5.69 Å². The highest BCUT2D eigenvalue weighted by molar-refractivity contribution is 6.23. The van der Waals surface area contributed by atoms with Gasteiger partial charge >= 0.3 is 6.03 Å². The van der Waals surface area contributed by atoms with Gasteiger partial charge in [0, 0.05) is 7.05 Å². The van der Waals surface area contributed by atoms with Gasteiger partial charge in [-0.1, -0.05) is 24.5 Å². The van der Waals surface area contributed by atoms with Crippen LogP contribution in [-0.4, -0.2) is 44.4 Å². The smallest absolute Gasteiger partial charge is 0.312 e. The Balaban J connectivity index is 1.66. The second kappa shape index (κ2) is 5.43. The highest BCUT2D eigenvalue weighted by atomic mass is 16.2. The van der Waals surface area contributed by atoms with Crippen LogP contribution in [-0.2, 0) is 4.79 Å². The molecule has 0 unspecified atom stereocenters. The number of amides is 3. The van der Waals surface area contributed by atoms with Crippen molar-refractivity contribution in [2.24, 2.45) is 0 Å². The first-order valence-electron chi connectivity index (χ1n) is 8.23. The minimum absolute atomic E-state index is 0.0943. The molecule has 1 saturated carbocycles. The summed E-state index contributed by atoms with van der Waals surface area (Å²) >= 11 is 0. The Hall–Kier alpha value is -2.70. The maximum atomic E-state index is 13.1. The molecule has 1 aromatic carbocycles. The zero-order valence-electron chi connectivity index (χ0n) is 13.6. The van der Waals surface area contributed by atoms with Crippen LogP contribution in [0.2, 0.25) is 0 Å². The zero-order chi connectivity index (χ0) is 16.7. The van der Waals surface area contributed by atoms with Gasteiger partial charge in [0.15, 0.2) is 0 Å². The van der Waals surface area contributed by atoms with Crippen molar-refractivity contribution in [1.29, 1.82) is 0 Å². The van der Waals surface area contributed by atoms with Crippen LogP contribution in [0.15, 0.2) is 36.7 Å². The molecule has 4 rings (SSSR count). The van der Waals surface area contributed by atoms with Gasteiger partial charge in [-0.25, -0.2) is 14.4 Å². The monoisotopic (exact) mass is 325 g/mol. The SMILES string of the molecule is CN1C(=O)N(c2ccc(-n3ccnn3)cc2)C(=O)C12CCCCC2. The molecule has 2 aromatic rings. The van der Waals surface area contributed by atoms with E-state index in [0.717, 1.165) is 37.8 Å². The largest absolute Gasteiger partial charge is 0.332 e. The maximum absolute atomic E-state index is 13.1. The van der Waals surface area contributed by atoms with Crippen molar-refractivity contribution in [1.82, 2.24) is 19.9 Å². The van der Waals surface area contributed by atoms with Gasteiger partial charge in [0.2, 0.25) is 0 Å². The Morgan fingerprint density at radius 2 is 1.67 bits per heavy atom. The van der Waals surface area contributed by atoms with Gasteiger partial charge in [-0.3, -0.25) is 4.79 Å². The van der Waals surface area contributed by atoms with E-state index in [4.69, 9.17) is 0 Å².